The van der Waals surface area contributed by atoms with Gasteiger partial charge in [-0.2, -0.15) is 0 Å². The SMILES string of the molecule is OCc1c(SC2COC2)ccc(F)c1Cl. The van der Waals surface area contributed by atoms with Crippen molar-refractivity contribution in [2.24, 2.45) is 0 Å². The number of thioether (sulfide) groups is 1. The second kappa shape index (κ2) is 4.70. The molecule has 1 aliphatic heterocycles. The Balaban J connectivity index is 2.25. The third-order valence-electron chi connectivity index (χ3n) is 2.21. The Labute approximate surface area is 96.4 Å². The van der Waals surface area contributed by atoms with Crippen LogP contribution in [0, 0.1) is 5.82 Å². The maximum Gasteiger partial charge on any atom is 0.142 e. The van der Waals surface area contributed by atoms with Crippen LogP contribution in [0.3, 0.4) is 0 Å². The number of benzene rings is 1. The second-order valence-electron chi connectivity index (χ2n) is 3.27. The number of aliphatic hydroxyl groups excluding tert-OH is 1. The first-order valence-electron chi connectivity index (χ1n) is 4.54. The Bertz CT molecular complexity index is 369. The number of hydrogen-bond acceptors (Lipinski definition) is 3. The molecule has 1 fully saturated rings. The van der Waals surface area contributed by atoms with Gasteiger partial charge in [-0.25, -0.2) is 4.39 Å². The van der Waals surface area contributed by atoms with Crippen molar-refractivity contribution in [2.75, 3.05) is 13.2 Å². The highest BCUT2D eigenvalue weighted by Crippen LogP contribution is 2.35. The van der Waals surface area contributed by atoms with Crippen LogP contribution in [0.25, 0.3) is 0 Å². The third kappa shape index (κ3) is 2.28. The Morgan fingerprint density at radius 2 is 2.27 bits per heavy atom. The lowest BCUT2D eigenvalue weighted by Crippen LogP contribution is -2.30. The van der Waals surface area contributed by atoms with Gasteiger partial charge in [0.05, 0.1) is 30.1 Å². The number of ether oxygens (including phenoxy) is 1. The van der Waals surface area contributed by atoms with E-state index in [1.807, 2.05) is 0 Å². The third-order valence-corrected chi connectivity index (χ3v) is 3.86. The van der Waals surface area contributed by atoms with Crippen LogP contribution in [-0.4, -0.2) is 23.6 Å². The molecule has 0 unspecified atom stereocenters. The second-order valence-corrected chi connectivity index (χ2v) is 4.99. The zero-order valence-electron chi connectivity index (χ0n) is 7.87. The monoisotopic (exact) mass is 248 g/mol. The molecule has 1 aromatic rings. The van der Waals surface area contributed by atoms with Gasteiger partial charge in [-0.1, -0.05) is 11.6 Å². The van der Waals surface area contributed by atoms with E-state index in [9.17, 15) is 4.39 Å². The first kappa shape index (κ1) is 11.2. The molecule has 1 heterocycles. The van der Waals surface area contributed by atoms with E-state index in [0.717, 1.165) is 4.90 Å². The van der Waals surface area contributed by atoms with Gasteiger partial charge in [-0.05, 0) is 12.1 Å². The van der Waals surface area contributed by atoms with Crippen molar-refractivity contribution in [1.29, 1.82) is 0 Å². The number of halogens is 2. The maximum absolute atomic E-state index is 13.1. The average molecular weight is 249 g/mol. The lowest BCUT2D eigenvalue weighted by molar-refractivity contribution is 0.0455. The van der Waals surface area contributed by atoms with Gasteiger partial charge in [0.25, 0.3) is 0 Å². The Morgan fingerprint density at radius 3 is 2.80 bits per heavy atom. The van der Waals surface area contributed by atoms with Crippen molar-refractivity contribution in [3.05, 3.63) is 28.5 Å². The van der Waals surface area contributed by atoms with E-state index >= 15 is 0 Å². The molecule has 2 rings (SSSR count). The van der Waals surface area contributed by atoms with Crippen molar-refractivity contribution >= 4 is 23.4 Å². The summed E-state index contributed by atoms with van der Waals surface area (Å²) in [5.41, 5.74) is 0.466. The molecule has 0 amide bonds. The van der Waals surface area contributed by atoms with E-state index in [4.69, 9.17) is 21.4 Å². The van der Waals surface area contributed by atoms with Gasteiger partial charge in [0, 0.05) is 10.5 Å². The van der Waals surface area contributed by atoms with E-state index in [2.05, 4.69) is 0 Å². The summed E-state index contributed by atoms with van der Waals surface area (Å²) in [5.74, 6) is -0.491. The molecule has 5 heteroatoms. The smallest absolute Gasteiger partial charge is 0.142 e. The quantitative estimate of drug-likeness (QED) is 0.891. The van der Waals surface area contributed by atoms with E-state index in [1.165, 1.54) is 6.07 Å². The summed E-state index contributed by atoms with van der Waals surface area (Å²) in [7, 11) is 0. The summed E-state index contributed by atoms with van der Waals surface area (Å²) in [6.07, 6.45) is 0. The number of hydrogen-bond donors (Lipinski definition) is 1. The minimum atomic E-state index is -0.491. The van der Waals surface area contributed by atoms with E-state index in [0.29, 0.717) is 24.0 Å². The fraction of sp³-hybridized carbons (Fsp3) is 0.400. The summed E-state index contributed by atoms with van der Waals surface area (Å²) in [4.78, 5) is 0.831. The summed E-state index contributed by atoms with van der Waals surface area (Å²) in [5, 5.41) is 9.53. The Hall–Kier alpha value is -0.290. The zero-order valence-corrected chi connectivity index (χ0v) is 9.45. The molecule has 1 saturated heterocycles. The van der Waals surface area contributed by atoms with Gasteiger partial charge in [0.15, 0.2) is 0 Å². The fourth-order valence-corrected chi connectivity index (χ4v) is 2.72. The van der Waals surface area contributed by atoms with Crippen molar-refractivity contribution in [1.82, 2.24) is 0 Å². The first-order chi connectivity index (χ1) is 7.22. The van der Waals surface area contributed by atoms with Crippen LogP contribution in [0.1, 0.15) is 5.56 Å². The van der Waals surface area contributed by atoms with Gasteiger partial charge in [-0.3, -0.25) is 0 Å². The number of rotatable bonds is 3. The van der Waals surface area contributed by atoms with Crippen molar-refractivity contribution in [2.45, 2.75) is 16.8 Å². The topological polar surface area (TPSA) is 29.5 Å². The Kier molecular flexibility index (Phi) is 3.51. The summed E-state index contributed by atoms with van der Waals surface area (Å²) in [6, 6.07) is 2.97. The van der Waals surface area contributed by atoms with E-state index < -0.39 is 5.82 Å². The normalized spacial score (nSPS) is 16.5. The summed E-state index contributed by atoms with van der Waals surface area (Å²) < 4.78 is 18.1. The standard InChI is InChI=1S/C10H10ClFO2S/c11-10-7(3-13)9(2-1-8(10)12)15-6-4-14-5-6/h1-2,6,13H,3-5H2. The molecule has 0 aliphatic carbocycles. The highest BCUT2D eigenvalue weighted by Gasteiger charge is 2.22. The van der Waals surface area contributed by atoms with E-state index in [1.54, 1.807) is 17.8 Å². The molecule has 82 valence electrons. The molecule has 0 radical (unpaired) electrons. The van der Waals surface area contributed by atoms with Gasteiger partial charge in [0.2, 0.25) is 0 Å². The van der Waals surface area contributed by atoms with E-state index in [-0.39, 0.29) is 11.6 Å². The molecular formula is C10H10ClFO2S. The van der Waals surface area contributed by atoms with Gasteiger partial charge < -0.3 is 9.84 Å². The van der Waals surface area contributed by atoms with Crippen LogP contribution < -0.4 is 0 Å². The van der Waals surface area contributed by atoms with Crippen molar-refractivity contribution in [3.63, 3.8) is 0 Å². The van der Waals surface area contributed by atoms with Crippen LogP contribution in [0.2, 0.25) is 5.02 Å². The zero-order chi connectivity index (χ0) is 10.8. The molecular weight excluding hydrogens is 239 g/mol. The average Bonchev–Trinajstić information content (AvgIpc) is 2.17. The lowest BCUT2D eigenvalue weighted by atomic mass is 10.2. The molecule has 0 atom stereocenters. The summed E-state index contributed by atoms with van der Waals surface area (Å²) >= 11 is 7.33. The van der Waals surface area contributed by atoms with Crippen LogP contribution in [0.15, 0.2) is 17.0 Å². The van der Waals surface area contributed by atoms with Crippen LogP contribution in [-0.2, 0) is 11.3 Å². The van der Waals surface area contributed by atoms with Crippen molar-refractivity contribution in [3.8, 4) is 0 Å². The molecule has 1 N–H and O–H groups in total. The first-order valence-corrected chi connectivity index (χ1v) is 5.80. The number of aliphatic hydroxyl groups is 1. The molecule has 15 heavy (non-hydrogen) atoms. The molecule has 1 aromatic carbocycles. The largest absolute Gasteiger partial charge is 0.392 e. The highest BCUT2D eigenvalue weighted by atomic mass is 35.5. The molecule has 0 bridgehead atoms. The Morgan fingerprint density at radius 1 is 1.53 bits per heavy atom. The maximum atomic E-state index is 13.1. The minimum Gasteiger partial charge on any atom is -0.392 e. The molecule has 0 spiro atoms. The van der Waals surface area contributed by atoms with Crippen LogP contribution >= 0.6 is 23.4 Å². The molecule has 1 aliphatic rings. The predicted molar refractivity (Wildman–Crippen MR) is 57.8 cm³/mol. The van der Waals surface area contributed by atoms with Crippen LogP contribution in [0.4, 0.5) is 4.39 Å². The summed E-state index contributed by atoms with van der Waals surface area (Å²) in [6.45, 7) is 1.15. The molecule has 0 aromatic heterocycles. The van der Waals surface area contributed by atoms with Gasteiger partial charge in [0.1, 0.15) is 5.82 Å². The predicted octanol–water partition coefficient (Wildman–Crippen LogP) is 2.46. The minimum absolute atomic E-state index is 0.0164. The lowest BCUT2D eigenvalue weighted by Gasteiger charge is -2.26. The molecule has 2 nitrogen and oxygen atoms in total. The van der Waals surface area contributed by atoms with Crippen molar-refractivity contribution < 1.29 is 14.2 Å². The fourth-order valence-electron chi connectivity index (χ4n) is 1.29. The molecule has 0 saturated carbocycles. The van der Waals surface area contributed by atoms with Gasteiger partial charge in [-0.15, -0.1) is 11.8 Å². The van der Waals surface area contributed by atoms with Crippen LogP contribution in [0.5, 0.6) is 0 Å². The highest BCUT2D eigenvalue weighted by molar-refractivity contribution is 8.00. The van der Waals surface area contributed by atoms with Gasteiger partial charge >= 0.3 is 0 Å².